The van der Waals surface area contributed by atoms with Gasteiger partial charge in [-0.2, -0.15) is 0 Å². The summed E-state index contributed by atoms with van der Waals surface area (Å²) in [6.07, 6.45) is 3.56. The summed E-state index contributed by atoms with van der Waals surface area (Å²) in [7, 11) is 0. The molecule has 1 N–H and O–H groups in total. The van der Waals surface area contributed by atoms with Crippen LogP contribution in [0.2, 0.25) is 0 Å². The van der Waals surface area contributed by atoms with Crippen LogP contribution in [0.1, 0.15) is 19.3 Å². The Labute approximate surface area is 120 Å². The van der Waals surface area contributed by atoms with Crippen LogP contribution < -0.4 is 10.2 Å². The average Bonchev–Trinajstić information content (AvgIpc) is 2.56. The van der Waals surface area contributed by atoms with E-state index in [2.05, 4.69) is 27.2 Å². The lowest BCUT2D eigenvalue weighted by atomic mass is 10.1. The zero-order valence-corrected chi connectivity index (χ0v) is 11.9. The van der Waals surface area contributed by atoms with Crippen LogP contribution >= 0.6 is 0 Å². The molecule has 3 rings (SSSR count). The van der Waals surface area contributed by atoms with Crippen LogP contribution in [0.5, 0.6) is 0 Å². The highest BCUT2D eigenvalue weighted by Crippen LogP contribution is 2.20. The van der Waals surface area contributed by atoms with Crippen molar-refractivity contribution >= 4 is 11.6 Å². The number of rotatable bonds is 2. The van der Waals surface area contributed by atoms with Gasteiger partial charge < -0.3 is 15.1 Å². The summed E-state index contributed by atoms with van der Waals surface area (Å²) in [5, 5.41) is 3.37. The molecule has 20 heavy (non-hydrogen) atoms. The molecule has 0 radical (unpaired) electrons. The average molecular weight is 273 g/mol. The van der Waals surface area contributed by atoms with Crippen LogP contribution in [-0.2, 0) is 4.79 Å². The summed E-state index contributed by atoms with van der Waals surface area (Å²) < 4.78 is 0. The van der Waals surface area contributed by atoms with Crippen LogP contribution in [0.4, 0.5) is 5.69 Å². The van der Waals surface area contributed by atoms with E-state index in [4.69, 9.17) is 0 Å². The van der Waals surface area contributed by atoms with Gasteiger partial charge in [0.25, 0.3) is 0 Å². The minimum Gasteiger partial charge on any atom is -0.357 e. The molecule has 1 aromatic rings. The molecule has 4 heteroatoms. The largest absolute Gasteiger partial charge is 0.357 e. The summed E-state index contributed by atoms with van der Waals surface area (Å²) in [6, 6.07) is 10.3. The molecule has 2 aliphatic rings. The molecule has 2 heterocycles. The predicted molar refractivity (Wildman–Crippen MR) is 80.9 cm³/mol. The first kappa shape index (κ1) is 13.4. The highest BCUT2D eigenvalue weighted by Gasteiger charge is 2.32. The number of benzene rings is 1. The van der Waals surface area contributed by atoms with Crippen molar-refractivity contribution in [2.24, 2.45) is 0 Å². The molecule has 2 fully saturated rings. The minimum absolute atomic E-state index is 0.0516. The number of piperazine rings is 1. The van der Waals surface area contributed by atoms with E-state index in [1.54, 1.807) is 0 Å². The molecule has 1 atom stereocenters. The third-order valence-electron chi connectivity index (χ3n) is 4.28. The number of amides is 1. The molecule has 2 saturated heterocycles. The molecule has 0 aromatic heterocycles. The van der Waals surface area contributed by atoms with Crippen molar-refractivity contribution in [3.05, 3.63) is 30.3 Å². The monoisotopic (exact) mass is 273 g/mol. The summed E-state index contributed by atoms with van der Waals surface area (Å²) in [5.74, 6) is 0.292. The van der Waals surface area contributed by atoms with Gasteiger partial charge in [0.05, 0.1) is 0 Å². The number of piperidine rings is 1. The molecule has 0 aliphatic carbocycles. The van der Waals surface area contributed by atoms with Gasteiger partial charge in [-0.05, 0) is 31.4 Å². The quantitative estimate of drug-likeness (QED) is 0.886. The number of carbonyl (C=O) groups excluding carboxylic acids is 1. The highest BCUT2D eigenvalue weighted by atomic mass is 16.2. The zero-order valence-electron chi connectivity index (χ0n) is 11.9. The molecule has 2 aliphatic heterocycles. The SMILES string of the molecule is O=C(C1CNCCN1c1ccccc1)N1CCCCC1. The van der Waals surface area contributed by atoms with E-state index in [1.165, 1.54) is 6.42 Å². The number of nitrogens with zero attached hydrogens (tertiary/aromatic N) is 2. The molecule has 4 nitrogen and oxygen atoms in total. The summed E-state index contributed by atoms with van der Waals surface area (Å²) in [6.45, 7) is 4.45. The standard InChI is InChI=1S/C16H23N3O/c20-16(18-10-5-2-6-11-18)15-13-17-9-12-19(15)14-7-3-1-4-8-14/h1,3-4,7-8,15,17H,2,5-6,9-13H2. The summed E-state index contributed by atoms with van der Waals surface area (Å²) in [4.78, 5) is 17.1. The van der Waals surface area contributed by atoms with Crippen LogP contribution in [0.3, 0.4) is 0 Å². The van der Waals surface area contributed by atoms with Crippen molar-refractivity contribution < 1.29 is 4.79 Å². The van der Waals surface area contributed by atoms with Gasteiger partial charge in [0, 0.05) is 38.4 Å². The van der Waals surface area contributed by atoms with Gasteiger partial charge in [0.2, 0.25) is 5.91 Å². The highest BCUT2D eigenvalue weighted by molar-refractivity contribution is 5.86. The maximum absolute atomic E-state index is 12.8. The zero-order chi connectivity index (χ0) is 13.8. The van der Waals surface area contributed by atoms with Crippen molar-refractivity contribution in [3.63, 3.8) is 0 Å². The number of carbonyl (C=O) groups is 1. The smallest absolute Gasteiger partial charge is 0.246 e. The van der Waals surface area contributed by atoms with Crippen LogP contribution in [-0.4, -0.2) is 49.6 Å². The van der Waals surface area contributed by atoms with E-state index in [0.717, 1.165) is 51.3 Å². The molecule has 0 bridgehead atoms. The van der Waals surface area contributed by atoms with Crippen molar-refractivity contribution in [1.82, 2.24) is 10.2 Å². The first-order chi connectivity index (χ1) is 9.86. The first-order valence-corrected chi connectivity index (χ1v) is 7.67. The second kappa shape index (κ2) is 6.27. The minimum atomic E-state index is -0.0516. The van der Waals surface area contributed by atoms with Crippen molar-refractivity contribution in [3.8, 4) is 0 Å². The summed E-state index contributed by atoms with van der Waals surface area (Å²) in [5.41, 5.74) is 1.16. The van der Waals surface area contributed by atoms with Crippen LogP contribution in [0, 0.1) is 0 Å². The number of hydrogen-bond donors (Lipinski definition) is 1. The molecule has 1 unspecified atom stereocenters. The number of hydrogen-bond acceptors (Lipinski definition) is 3. The van der Waals surface area contributed by atoms with Crippen molar-refractivity contribution in [2.75, 3.05) is 37.6 Å². The number of likely N-dealkylation sites (tertiary alicyclic amines) is 1. The molecule has 1 aromatic carbocycles. The Bertz CT molecular complexity index is 442. The van der Waals surface area contributed by atoms with E-state index in [9.17, 15) is 4.79 Å². The first-order valence-electron chi connectivity index (χ1n) is 7.67. The van der Waals surface area contributed by atoms with Crippen molar-refractivity contribution in [1.29, 1.82) is 0 Å². The third kappa shape index (κ3) is 2.80. The van der Waals surface area contributed by atoms with Gasteiger partial charge in [0.1, 0.15) is 6.04 Å². The van der Waals surface area contributed by atoms with E-state index < -0.39 is 0 Å². The number of anilines is 1. The Morgan fingerprint density at radius 1 is 1.05 bits per heavy atom. The number of para-hydroxylation sites is 1. The Kier molecular flexibility index (Phi) is 4.21. The maximum Gasteiger partial charge on any atom is 0.246 e. The third-order valence-corrected chi connectivity index (χ3v) is 4.28. The van der Waals surface area contributed by atoms with Crippen molar-refractivity contribution in [2.45, 2.75) is 25.3 Å². The molecule has 108 valence electrons. The van der Waals surface area contributed by atoms with Gasteiger partial charge in [-0.1, -0.05) is 18.2 Å². The Morgan fingerprint density at radius 3 is 2.55 bits per heavy atom. The lowest BCUT2D eigenvalue weighted by molar-refractivity contribution is -0.133. The molecule has 0 spiro atoms. The van der Waals surface area contributed by atoms with Gasteiger partial charge in [-0.25, -0.2) is 0 Å². The Morgan fingerprint density at radius 2 is 1.80 bits per heavy atom. The second-order valence-corrected chi connectivity index (χ2v) is 5.63. The van der Waals surface area contributed by atoms with E-state index in [1.807, 2.05) is 18.2 Å². The second-order valence-electron chi connectivity index (χ2n) is 5.63. The molecule has 0 saturated carbocycles. The fourth-order valence-corrected chi connectivity index (χ4v) is 3.18. The lowest BCUT2D eigenvalue weighted by Crippen LogP contribution is -2.59. The van der Waals surface area contributed by atoms with Crippen LogP contribution in [0.15, 0.2) is 30.3 Å². The van der Waals surface area contributed by atoms with E-state index in [0.29, 0.717) is 5.91 Å². The maximum atomic E-state index is 12.8. The lowest BCUT2D eigenvalue weighted by Gasteiger charge is -2.40. The van der Waals surface area contributed by atoms with Gasteiger partial charge in [-0.15, -0.1) is 0 Å². The normalized spacial score (nSPS) is 23.7. The summed E-state index contributed by atoms with van der Waals surface area (Å²) >= 11 is 0. The fourth-order valence-electron chi connectivity index (χ4n) is 3.18. The molecular formula is C16H23N3O. The topological polar surface area (TPSA) is 35.6 Å². The Balaban J connectivity index is 1.76. The number of nitrogens with one attached hydrogen (secondary N) is 1. The fraction of sp³-hybridized carbons (Fsp3) is 0.562. The van der Waals surface area contributed by atoms with Crippen LogP contribution in [0.25, 0.3) is 0 Å². The van der Waals surface area contributed by atoms with E-state index >= 15 is 0 Å². The van der Waals surface area contributed by atoms with Gasteiger partial charge >= 0.3 is 0 Å². The van der Waals surface area contributed by atoms with Gasteiger partial charge in [-0.3, -0.25) is 4.79 Å². The molecule has 1 amide bonds. The molecular weight excluding hydrogens is 250 g/mol. The Hall–Kier alpha value is -1.55. The van der Waals surface area contributed by atoms with Gasteiger partial charge in [0.15, 0.2) is 0 Å². The van der Waals surface area contributed by atoms with E-state index in [-0.39, 0.29) is 6.04 Å². The predicted octanol–water partition coefficient (Wildman–Crippen LogP) is 1.48.